The third-order valence-electron chi connectivity index (χ3n) is 2.79. The first-order valence-corrected chi connectivity index (χ1v) is 8.30. The van der Waals surface area contributed by atoms with Crippen LogP contribution in [0.5, 0.6) is 0 Å². The molecule has 0 aromatic carbocycles. The first kappa shape index (κ1) is 15.2. The monoisotopic (exact) mass is 232 g/mol. The van der Waals surface area contributed by atoms with Crippen LogP contribution in [0.1, 0.15) is 71.1 Å². The quantitative estimate of drug-likeness (QED) is 0.486. The fraction of sp³-hybridized carbons (Fsp3) is 1.00. The van der Waals surface area contributed by atoms with Gasteiger partial charge in [-0.1, -0.05) is 64.7 Å². The third-order valence-corrected chi connectivity index (χ3v) is 3.65. The zero-order valence-corrected chi connectivity index (χ0v) is 11.4. The van der Waals surface area contributed by atoms with Crippen molar-refractivity contribution in [1.82, 2.24) is 0 Å². The van der Waals surface area contributed by atoms with Crippen molar-refractivity contribution in [2.24, 2.45) is 0 Å². The first-order valence-electron chi connectivity index (χ1n) is 6.57. The summed E-state index contributed by atoms with van der Waals surface area (Å²) < 4.78 is 10.8. The molecule has 0 saturated heterocycles. The van der Waals surface area contributed by atoms with E-state index in [0.29, 0.717) is 0 Å². The molecule has 0 aliphatic heterocycles. The Morgan fingerprint density at radius 3 is 1.53 bits per heavy atom. The summed E-state index contributed by atoms with van der Waals surface area (Å²) in [6, 6.07) is 0. The maximum atomic E-state index is 10.8. The number of unbranched alkanes of at least 4 members (excludes halogenated alkanes) is 9. The Labute approximate surface area is 98.5 Å². The van der Waals surface area contributed by atoms with Crippen LogP contribution in [0.4, 0.5) is 0 Å². The van der Waals surface area contributed by atoms with Crippen LogP contribution < -0.4 is 0 Å². The van der Waals surface area contributed by atoms with E-state index in [2.05, 4.69) is 6.92 Å². The van der Waals surface area contributed by atoms with Crippen molar-refractivity contribution >= 4 is 10.8 Å². The van der Waals surface area contributed by atoms with E-state index in [1.165, 1.54) is 57.8 Å². The van der Waals surface area contributed by atoms with Crippen molar-refractivity contribution in [3.8, 4) is 0 Å². The molecule has 0 aromatic rings. The van der Waals surface area contributed by atoms with E-state index in [4.69, 9.17) is 0 Å². The van der Waals surface area contributed by atoms with Gasteiger partial charge in [-0.05, 0) is 6.42 Å². The second kappa shape index (κ2) is 12.2. The van der Waals surface area contributed by atoms with Gasteiger partial charge in [0.2, 0.25) is 0 Å². The normalized spacial score (nSPS) is 12.9. The van der Waals surface area contributed by atoms with Crippen LogP contribution >= 0.6 is 0 Å². The predicted molar refractivity (Wildman–Crippen MR) is 70.8 cm³/mol. The van der Waals surface area contributed by atoms with Gasteiger partial charge in [0.25, 0.3) is 0 Å². The molecule has 0 rings (SSSR count). The Morgan fingerprint density at radius 1 is 0.733 bits per heavy atom. The van der Waals surface area contributed by atoms with E-state index in [1.807, 2.05) is 0 Å². The molecule has 0 aromatic heterocycles. The molecule has 0 fully saturated rings. The average Bonchev–Trinajstić information content (AvgIpc) is 2.20. The molecule has 0 spiro atoms. The largest absolute Gasteiger partial charge is 0.260 e. The van der Waals surface area contributed by atoms with E-state index in [-0.39, 0.29) is 0 Å². The minimum absolute atomic E-state index is 0.578. The van der Waals surface area contributed by atoms with Crippen molar-refractivity contribution in [3.05, 3.63) is 0 Å². The van der Waals surface area contributed by atoms with Crippen LogP contribution in [-0.2, 0) is 10.8 Å². The van der Waals surface area contributed by atoms with Gasteiger partial charge in [0.15, 0.2) is 0 Å². The predicted octanol–water partition coefficient (Wildman–Crippen LogP) is 4.29. The van der Waals surface area contributed by atoms with Crippen LogP contribution in [-0.4, -0.2) is 16.2 Å². The number of hydrogen-bond donors (Lipinski definition) is 0. The van der Waals surface area contributed by atoms with E-state index in [1.54, 1.807) is 6.26 Å². The zero-order chi connectivity index (χ0) is 11.4. The summed E-state index contributed by atoms with van der Waals surface area (Å²) >= 11 is 0. The van der Waals surface area contributed by atoms with Crippen LogP contribution in [0, 0.1) is 0 Å². The highest BCUT2D eigenvalue weighted by Crippen LogP contribution is 2.10. The molecule has 0 aliphatic rings. The van der Waals surface area contributed by atoms with Crippen LogP contribution in [0.3, 0.4) is 0 Å². The van der Waals surface area contributed by atoms with Crippen molar-refractivity contribution in [2.45, 2.75) is 71.1 Å². The molecular weight excluding hydrogens is 204 g/mol. The van der Waals surface area contributed by atoms with Gasteiger partial charge in [-0.2, -0.15) is 0 Å². The topological polar surface area (TPSA) is 17.1 Å². The van der Waals surface area contributed by atoms with E-state index < -0.39 is 10.8 Å². The summed E-state index contributed by atoms with van der Waals surface area (Å²) in [7, 11) is -0.578. The van der Waals surface area contributed by atoms with E-state index in [0.717, 1.165) is 12.2 Å². The molecule has 1 atom stereocenters. The van der Waals surface area contributed by atoms with Crippen LogP contribution in [0.25, 0.3) is 0 Å². The second-order valence-corrected chi connectivity index (χ2v) is 6.01. The molecule has 0 aliphatic carbocycles. The first-order chi connectivity index (χ1) is 7.27. The van der Waals surface area contributed by atoms with Gasteiger partial charge in [0.05, 0.1) is 0 Å². The second-order valence-electron chi connectivity index (χ2n) is 4.46. The fourth-order valence-electron chi connectivity index (χ4n) is 1.79. The summed E-state index contributed by atoms with van der Waals surface area (Å²) in [6.45, 7) is 2.26. The van der Waals surface area contributed by atoms with Crippen molar-refractivity contribution in [1.29, 1.82) is 0 Å². The molecule has 0 heterocycles. The standard InChI is InChI=1S/C13H28OS/c1-3-4-5-6-7-8-9-10-11-12-13-15(2)14/h3-13H2,1-2H3. The van der Waals surface area contributed by atoms with E-state index in [9.17, 15) is 4.21 Å². The summed E-state index contributed by atoms with van der Waals surface area (Å²) in [4.78, 5) is 0. The molecule has 0 amide bonds. The third kappa shape index (κ3) is 14.2. The van der Waals surface area contributed by atoms with Crippen molar-refractivity contribution in [3.63, 3.8) is 0 Å². The highest BCUT2D eigenvalue weighted by atomic mass is 32.2. The molecule has 1 nitrogen and oxygen atoms in total. The molecule has 2 heteroatoms. The number of hydrogen-bond acceptors (Lipinski definition) is 1. The van der Waals surface area contributed by atoms with Crippen molar-refractivity contribution < 1.29 is 4.21 Å². The molecule has 1 unspecified atom stereocenters. The number of rotatable bonds is 11. The maximum Gasteiger partial charge on any atom is 0.0232 e. The summed E-state index contributed by atoms with van der Waals surface area (Å²) in [6.07, 6.45) is 15.3. The van der Waals surface area contributed by atoms with Gasteiger partial charge in [0.1, 0.15) is 0 Å². The lowest BCUT2D eigenvalue weighted by molar-refractivity contribution is 0.562. The fourth-order valence-corrected chi connectivity index (χ4v) is 2.40. The van der Waals surface area contributed by atoms with Crippen LogP contribution in [0.2, 0.25) is 0 Å². The van der Waals surface area contributed by atoms with Gasteiger partial charge < -0.3 is 0 Å². The lowest BCUT2D eigenvalue weighted by Crippen LogP contribution is -1.93. The summed E-state index contributed by atoms with van der Waals surface area (Å²) in [5.41, 5.74) is 0. The Kier molecular flexibility index (Phi) is 12.3. The van der Waals surface area contributed by atoms with Gasteiger partial charge >= 0.3 is 0 Å². The molecule has 0 saturated carbocycles. The summed E-state index contributed by atoms with van der Waals surface area (Å²) in [5, 5.41) is 0. The van der Waals surface area contributed by atoms with Gasteiger partial charge in [-0.3, -0.25) is 4.21 Å². The minimum Gasteiger partial charge on any atom is -0.260 e. The highest BCUT2D eigenvalue weighted by Gasteiger charge is 1.93. The Morgan fingerprint density at radius 2 is 1.13 bits per heavy atom. The molecular formula is C13H28OS. The molecule has 92 valence electrons. The van der Waals surface area contributed by atoms with Crippen molar-refractivity contribution in [2.75, 3.05) is 12.0 Å². The summed E-state index contributed by atoms with van der Waals surface area (Å²) in [5.74, 6) is 0.899. The SMILES string of the molecule is CCCCCCCCCCCCS(C)=O. The van der Waals surface area contributed by atoms with Gasteiger partial charge in [-0.15, -0.1) is 0 Å². The van der Waals surface area contributed by atoms with Gasteiger partial charge in [-0.25, -0.2) is 0 Å². The Balaban J connectivity index is 2.89. The molecule has 15 heavy (non-hydrogen) atoms. The lowest BCUT2D eigenvalue weighted by atomic mass is 10.1. The zero-order valence-electron chi connectivity index (χ0n) is 10.6. The smallest absolute Gasteiger partial charge is 0.0232 e. The van der Waals surface area contributed by atoms with Gasteiger partial charge in [0, 0.05) is 22.8 Å². The lowest BCUT2D eigenvalue weighted by Gasteiger charge is -2.01. The minimum atomic E-state index is -0.578. The molecule has 0 radical (unpaired) electrons. The Hall–Kier alpha value is 0.150. The average molecular weight is 232 g/mol. The molecule has 0 N–H and O–H groups in total. The van der Waals surface area contributed by atoms with Crippen LogP contribution in [0.15, 0.2) is 0 Å². The van der Waals surface area contributed by atoms with E-state index >= 15 is 0 Å². The maximum absolute atomic E-state index is 10.8. The Bertz CT molecular complexity index is 145. The highest BCUT2D eigenvalue weighted by molar-refractivity contribution is 7.84. The molecule has 0 bridgehead atoms.